The Morgan fingerprint density at radius 3 is 2.53 bits per heavy atom. The number of hydroxylamine groups is 2. The molecule has 3 atom stereocenters. The van der Waals surface area contributed by atoms with E-state index in [0.717, 1.165) is 31.2 Å². The number of rotatable bonds is 10. The van der Waals surface area contributed by atoms with Gasteiger partial charge < -0.3 is 10.2 Å². The number of likely N-dealkylation sites (tertiary alicyclic amines) is 1. The Morgan fingerprint density at radius 2 is 1.85 bits per heavy atom. The molecule has 1 aromatic rings. The Labute approximate surface area is 200 Å². The molecule has 1 aromatic carbocycles. The van der Waals surface area contributed by atoms with Gasteiger partial charge >= 0.3 is 6.03 Å². The van der Waals surface area contributed by atoms with E-state index >= 15 is 0 Å². The molecule has 0 bridgehead atoms. The molecule has 1 aliphatic carbocycles. The van der Waals surface area contributed by atoms with Crippen molar-refractivity contribution in [2.24, 2.45) is 11.8 Å². The maximum atomic E-state index is 13.3. The zero-order valence-corrected chi connectivity index (χ0v) is 19.8. The van der Waals surface area contributed by atoms with E-state index in [-0.39, 0.29) is 18.4 Å². The topological polar surface area (TPSA) is 119 Å². The highest BCUT2D eigenvalue weighted by Gasteiger charge is 2.39. The third-order valence-electron chi connectivity index (χ3n) is 6.98. The summed E-state index contributed by atoms with van der Waals surface area (Å²) in [6.07, 6.45) is 6.30. The van der Waals surface area contributed by atoms with Gasteiger partial charge in [0.15, 0.2) is 0 Å². The fraction of sp³-hybridized carbons (Fsp3) is 0.600. The van der Waals surface area contributed by atoms with E-state index in [2.05, 4.69) is 10.6 Å². The summed E-state index contributed by atoms with van der Waals surface area (Å²) >= 11 is 0. The van der Waals surface area contributed by atoms with Gasteiger partial charge in [-0.15, -0.1) is 0 Å². The van der Waals surface area contributed by atoms with E-state index < -0.39 is 23.9 Å². The lowest BCUT2D eigenvalue weighted by atomic mass is 9.91. The van der Waals surface area contributed by atoms with Gasteiger partial charge in [0, 0.05) is 13.1 Å². The number of hydrogen-bond donors (Lipinski definition) is 3. The highest BCUT2D eigenvalue weighted by atomic mass is 16.5. The van der Waals surface area contributed by atoms with Crippen LogP contribution in [-0.2, 0) is 14.4 Å². The molecule has 1 unspecified atom stereocenters. The zero-order valence-electron chi connectivity index (χ0n) is 19.8. The molecule has 1 aliphatic heterocycles. The highest BCUT2D eigenvalue weighted by molar-refractivity contribution is 5.99. The van der Waals surface area contributed by atoms with Crippen molar-refractivity contribution in [2.45, 2.75) is 63.8 Å². The Balaban J connectivity index is 1.56. The number of carbonyl (C=O) groups is 4. The molecule has 9 heteroatoms. The summed E-state index contributed by atoms with van der Waals surface area (Å²) in [7, 11) is 0. The smallest absolute Gasteiger partial charge is 0.321 e. The van der Waals surface area contributed by atoms with Crippen molar-refractivity contribution >= 4 is 24.3 Å². The normalized spacial score (nSPS) is 19.9. The van der Waals surface area contributed by atoms with Gasteiger partial charge in [-0.1, -0.05) is 62.9 Å². The monoisotopic (exact) mass is 472 g/mol. The van der Waals surface area contributed by atoms with Crippen LogP contribution in [0, 0.1) is 11.8 Å². The summed E-state index contributed by atoms with van der Waals surface area (Å²) in [5.41, 5.74) is 1.09. The van der Waals surface area contributed by atoms with E-state index in [9.17, 15) is 24.4 Å². The molecule has 0 aromatic heterocycles. The number of imide groups is 1. The van der Waals surface area contributed by atoms with Crippen molar-refractivity contribution in [1.82, 2.24) is 20.6 Å². The summed E-state index contributed by atoms with van der Waals surface area (Å²) in [5, 5.41) is 15.4. The molecule has 3 N–H and O–H groups in total. The van der Waals surface area contributed by atoms with E-state index in [0.29, 0.717) is 49.7 Å². The molecule has 0 spiro atoms. The molecule has 1 heterocycles. The van der Waals surface area contributed by atoms with Gasteiger partial charge in [-0.05, 0) is 36.7 Å². The Morgan fingerprint density at radius 1 is 1.15 bits per heavy atom. The van der Waals surface area contributed by atoms with E-state index in [1.54, 1.807) is 0 Å². The zero-order chi connectivity index (χ0) is 24.5. The average molecular weight is 473 g/mol. The summed E-state index contributed by atoms with van der Waals surface area (Å²) in [6.45, 7) is 2.68. The van der Waals surface area contributed by atoms with Crippen LogP contribution >= 0.6 is 0 Å². The Bertz CT molecular complexity index is 843. The molecule has 1 saturated carbocycles. The first-order chi connectivity index (χ1) is 16.4. The number of nitrogens with zero attached hydrogens (tertiary/aromatic N) is 2. The number of carbonyl (C=O) groups excluding carboxylic acids is 4. The van der Waals surface area contributed by atoms with Gasteiger partial charge in [-0.3, -0.25) is 24.9 Å². The Hall–Kier alpha value is -2.94. The van der Waals surface area contributed by atoms with Crippen molar-refractivity contribution in [1.29, 1.82) is 0 Å². The molecule has 3 rings (SSSR count). The van der Waals surface area contributed by atoms with Crippen molar-refractivity contribution in [3.63, 3.8) is 0 Å². The summed E-state index contributed by atoms with van der Waals surface area (Å²) < 4.78 is 0. The maximum Gasteiger partial charge on any atom is 0.321 e. The second-order valence-corrected chi connectivity index (χ2v) is 9.51. The third-order valence-corrected chi connectivity index (χ3v) is 6.98. The molecule has 1 saturated heterocycles. The van der Waals surface area contributed by atoms with Crippen molar-refractivity contribution in [3.8, 4) is 0 Å². The lowest BCUT2D eigenvalue weighted by Crippen LogP contribution is -2.52. The molecule has 34 heavy (non-hydrogen) atoms. The number of hydrogen-bond acceptors (Lipinski definition) is 5. The minimum absolute atomic E-state index is 0.0854. The maximum absolute atomic E-state index is 13.3. The van der Waals surface area contributed by atoms with Crippen LogP contribution in [0.1, 0.15) is 63.4 Å². The van der Waals surface area contributed by atoms with Crippen LogP contribution in [0.15, 0.2) is 30.3 Å². The molecule has 186 valence electrons. The van der Waals surface area contributed by atoms with Crippen LogP contribution in [0.5, 0.6) is 0 Å². The first kappa shape index (κ1) is 25.7. The average Bonchev–Trinajstić information content (AvgIpc) is 3.54. The minimum atomic E-state index is -0.737. The standard InChI is InChI=1S/C25H36N4O5/c1-18(20-10-3-2-4-11-20)15-26-25(33)27-23(31)22-12-7-13-29(22)24(32)21(16-28(34)17-30)14-19-8-5-6-9-19/h2-4,10-11,17-19,21-22,34H,5-9,12-16H2,1H3,(H2,26,27,31,33)/t18?,21-,22+/m1/s1. The predicted molar refractivity (Wildman–Crippen MR) is 126 cm³/mol. The van der Waals surface area contributed by atoms with Crippen LogP contribution in [0.4, 0.5) is 4.79 Å². The first-order valence-electron chi connectivity index (χ1n) is 12.2. The third kappa shape index (κ3) is 7.03. The summed E-state index contributed by atoms with van der Waals surface area (Å²) in [6, 6.07) is 8.45. The lowest BCUT2D eigenvalue weighted by molar-refractivity contribution is -0.158. The van der Waals surface area contributed by atoms with Crippen molar-refractivity contribution in [3.05, 3.63) is 35.9 Å². The number of benzene rings is 1. The lowest BCUT2D eigenvalue weighted by Gasteiger charge is -2.30. The predicted octanol–water partition coefficient (Wildman–Crippen LogP) is 2.65. The Kier molecular flexibility index (Phi) is 9.44. The molecule has 0 radical (unpaired) electrons. The van der Waals surface area contributed by atoms with Crippen LogP contribution in [0.3, 0.4) is 0 Å². The molecular weight excluding hydrogens is 436 g/mol. The fourth-order valence-corrected chi connectivity index (χ4v) is 5.09. The molecular formula is C25H36N4O5. The van der Waals surface area contributed by atoms with E-state index in [4.69, 9.17) is 0 Å². The largest absolute Gasteiger partial charge is 0.337 e. The highest BCUT2D eigenvalue weighted by Crippen LogP contribution is 2.32. The van der Waals surface area contributed by atoms with E-state index in [1.807, 2.05) is 37.3 Å². The van der Waals surface area contributed by atoms with Gasteiger partial charge in [0.05, 0.1) is 12.5 Å². The van der Waals surface area contributed by atoms with Gasteiger partial charge in [0.25, 0.3) is 5.91 Å². The van der Waals surface area contributed by atoms with Gasteiger partial charge in [-0.25, -0.2) is 9.86 Å². The molecule has 2 fully saturated rings. The van der Waals surface area contributed by atoms with Gasteiger partial charge in [0.2, 0.25) is 12.3 Å². The van der Waals surface area contributed by atoms with Crippen LogP contribution < -0.4 is 10.6 Å². The first-order valence-corrected chi connectivity index (χ1v) is 12.2. The number of amides is 5. The second-order valence-electron chi connectivity index (χ2n) is 9.51. The van der Waals surface area contributed by atoms with Crippen LogP contribution in [0.25, 0.3) is 0 Å². The van der Waals surface area contributed by atoms with Crippen molar-refractivity contribution < 1.29 is 24.4 Å². The quantitative estimate of drug-likeness (QED) is 0.275. The number of urea groups is 1. The molecule has 5 amide bonds. The number of nitrogens with one attached hydrogen (secondary N) is 2. The summed E-state index contributed by atoms with van der Waals surface area (Å²) in [5.74, 6) is -0.870. The fourth-order valence-electron chi connectivity index (χ4n) is 5.09. The second kappa shape index (κ2) is 12.5. The summed E-state index contributed by atoms with van der Waals surface area (Å²) in [4.78, 5) is 51.0. The van der Waals surface area contributed by atoms with Crippen LogP contribution in [-0.4, -0.2) is 65.1 Å². The minimum Gasteiger partial charge on any atom is -0.337 e. The van der Waals surface area contributed by atoms with E-state index in [1.165, 1.54) is 4.90 Å². The van der Waals surface area contributed by atoms with Gasteiger partial charge in [0.1, 0.15) is 6.04 Å². The van der Waals surface area contributed by atoms with Crippen LogP contribution in [0.2, 0.25) is 0 Å². The molecule has 9 nitrogen and oxygen atoms in total. The van der Waals surface area contributed by atoms with Gasteiger partial charge in [-0.2, -0.15) is 0 Å². The SMILES string of the molecule is CC(CNC(=O)NC(=O)[C@@H]1CCCN1C(=O)[C@H](CC1CCCC1)CN(O)C=O)c1ccccc1. The van der Waals surface area contributed by atoms with Crippen molar-refractivity contribution in [2.75, 3.05) is 19.6 Å². The molecule has 2 aliphatic rings.